The number of nitrogens with zero attached hydrogens (tertiary/aromatic N) is 6. The first-order valence-corrected chi connectivity index (χ1v) is 6.84. The maximum absolute atomic E-state index is 12.4. The van der Waals surface area contributed by atoms with Crippen LogP contribution >= 0.6 is 0 Å². The van der Waals surface area contributed by atoms with Crippen molar-refractivity contribution in [3.8, 4) is 0 Å². The van der Waals surface area contributed by atoms with Gasteiger partial charge in [-0.3, -0.25) is 4.79 Å². The van der Waals surface area contributed by atoms with Gasteiger partial charge in [0.1, 0.15) is 12.0 Å². The van der Waals surface area contributed by atoms with Gasteiger partial charge in [-0.2, -0.15) is 0 Å². The molecular formula is C14H16N6O. The number of rotatable bonds is 2. The first-order valence-electron chi connectivity index (χ1n) is 6.84. The number of anilines is 1. The van der Waals surface area contributed by atoms with Gasteiger partial charge in [0.25, 0.3) is 5.91 Å². The van der Waals surface area contributed by atoms with Crippen LogP contribution in [0.4, 0.5) is 5.95 Å². The Morgan fingerprint density at radius 3 is 2.43 bits per heavy atom. The quantitative estimate of drug-likeness (QED) is 0.801. The smallest absolute Gasteiger partial charge is 0.272 e. The second-order valence-corrected chi connectivity index (χ2v) is 4.87. The molecule has 1 saturated heterocycles. The molecule has 1 amide bonds. The van der Waals surface area contributed by atoms with Crippen LogP contribution in [-0.4, -0.2) is 56.9 Å². The molecule has 0 atom stereocenters. The van der Waals surface area contributed by atoms with Crippen LogP contribution < -0.4 is 4.90 Å². The van der Waals surface area contributed by atoms with Crippen molar-refractivity contribution < 1.29 is 4.79 Å². The van der Waals surface area contributed by atoms with Gasteiger partial charge in [0.15, 0.2) is 0 Å². The minimum atomic E-state index is -0.0471. The minimum Gasteiger partial charge on any atom is -0.337 e. The monoisotopic (exact) mass is 284 g/mol. The summed E-state index contributed by atoms with van der Waals surface area (Å²) in [6.45, 7) is 4.57. The molecule has 2 aromatic heterocycles. The Bertz CT molecular complexity index is 624. The molecule has 3 heterocycles. The van der Waals surface area contributed by atoms with Crippen LogP contribution in [0.3, 0.4) is 0 Å². The molecule has 0 aliphatic carbocycles. The summed E-state index contributed by atoms with van der Waals surface area (Å²) in [6.07, 6.45) is 4.88. The van der Waals surface area contributed by atoms with E-state index in [9.17, 15) is 4.79 Å². The van der Waals surface area contributed by atoms with Gasteiger partial charge in [-0.1, -0.05) is 0 Å². The molecule has 3 rings (SSSR count). The third-order valence-corrected chi connectivity index (χ3v) is 3.42. The minimum absolute atomic E-state index is 0.0471. The van der Waals surface area contributed by atoms with E-state index in [2.05, 4.69) is 24.8 Å². The summed E-state index contributed by atoms with van der Waals surface area (Å²) >= 11 is 0. The molecular weight excluding hydrogens is 268 g/mol. The van der Waals surface area contributed by atoms with Gasteiger partial charge in [0, 0.05) is 44.3 Å². The Kier molecular flexibility index (Phi) is 3.72. The summed E-state index contributed by atoms with van der Waals surface area (Å²) in [4.78, 5) is 32.8. The Labute approximate surface area is 122 Å². The van der Waals surface area contributed by atoms with E-state index in [0.29, 0.717) is 24.7 Å². The van der Waals surface area contributed by atoms with E-state index in [-0.39, 0.29) is 5.91 Å². The molecule has 0 bridgehead atoms. The molecule has 2 aromatic rings. The van der Waals surface area contributed by atoms with Gasteiger partial charge in [-0.25, -0.2) is 19.9 Å². The van der Waals surface area contributed by atoms with E-state index in [4.69, 9.17) is 0 Å². The second-order valence-electron chi connectivity index (χ2n) is 4.87. The van der Waals surface area contributed by atoms with Crippen molar-refractivity contribution in [1.29, 1.82) is 0 Å². The van der Waals surface area contributed by atoms with E-state index in [1.165, 1.54) is 6.33 Å². The molecule has 1 aliphatic heterocycles. The summed E-state index contributed by atoms with van der Waals surface area (Å²) < 4.78 is 0. The van der Waals surface area contributed by atoms with Gasteiger partial charge in [0.05, 0.1) is 0 Å². The van der Waals surface area contributed by atoms with Crippen LogP contribution in [0.2, 0.25) is 0 Å². The molecule has 0 saturated carbocycles. The molecule has 21 heavy (non-hydrogen) atoms. The fraction of sp³-hybridized carbons (Fsp3) is 0.357. The van der Waals surface area contributed by atoms with Gasteiger partial charge < -0.3 is 9.80 Å². The molecule has 0 unspecified atom stereocenters. The number of amides is 1. The van der Waals surface area contributed by atoms with Crippen LogP contribution in [0.15, 0.2) is 30.9 Å². The highest BCUT2D eigenvalue weighted by Gasteiger charge is 2.24. The van der Waals surface area contributed by atoms with Crippen LogP contribution in [-0.2, 0) is 0 Å². The zero-order chi connectivity index (χ0) is 14.7. The average molecular weight is 284 g/mol. The molecule has 0 aromatic carbocycles. The lowest BCUT2D eigenvalue weighted by molar-refractivity contribution is 0.0740. The average Bonchev–Trinajstić information content (AvgIpc) is 2.55. The maximum Gasteiger partial charge on any atom is 0.272 e. The van der Waals surface area contributed by atoms with E-state index in [1.807, 2.05) is 6.92 Å². The van der Waals surface area contributed by atoms with Crippen molar-refractivity contribution in [3.05, 3.63) is 42.2 Å². The van der Waals surface area contributed by atoms with Crippen LogP contribution in [0.1, 0.15) is 16.2 Å². The zero-order valence-electron chi connectivity index (χ0n) is 11.8. The second kappa shape index (κ2) is 5.82. The van der Waals surface area contributed by atoms with Crippen LogP contribution in [0.25, 0.3) is 0 Å². The molecule has 0 radical (unpaired) electrons. The highest BCUT2D eigenvalue weighted by atomic mass is 16.2. The topological polar surface area (TPSA) is 75.1 Å². The highest BCUT2D eigenvalue weighted by molar-refractivity contribution is 5.92. The van der Waals surface area contributed by atoms with Gasteiger partial charge in [-0.15, -0.1) is 0 Å². The fourth-order valence-electron chi connectivity index (χ4n) is 2.30. The number of carbonyl (C=O) groups is 1. The third-order valence-electron chi connectivity index (χ3n) is 3.42. The molecule has 1 aliphatic rings. The van der Waals surface area contributed by atoms with Gasteiger partial charge in [-0.05, 0) is 19.1 Å². The lowest BCUT2D eigenvalue weighted by Gasteiger charge is -2.34. The molecule has 1 fully saturated rings. The number of hydrogen-bond acceptors (Lipinski definition) is 6. The van der Waals surface area contributed by atoms with E-state index in [0.717, 1.165) is 18.8 Å². The Morgan fingerprint density at radius 2 is 1.76 bits per heavy atom. The number of carbonyl (C=O) groups excluding carboxylic acids is 1. The lowest BCUT2D eigenvalue weighted by atomic mass is 10.2. The maximum atomic E-state index is 12.4. The number of aryl methyl sites for hydroxylation is 1. The van der Waals surface area contributed by atoms with Gasteiger partial charge in [0.2, 0.25) is 5.95 Å². The fourth-order valence-corrected chi connectivity index (χ4v) is 2.30. The summed E-state index contributed by atoms with van der Waals surface area (Å²) in [5.74, 6) is 0.664. The van der Waals surface area contributed by atoms with Crippen molar-refractivity contribution >= 4 is 11.9 Å². The van der Waals surface area contributed by atoms with E-state index >= 15 is 0 Å². The van der Waals surface area contributed by atoms with Crippen LogP contribution in [0, 0.1) is 6.92 Å². The molecule has 0 N–H and O–H groups in total. The first-order chi connectivity index (χ1) is 10.2. The summed E-state index contributed by atoms with van der Waals surface area (Å²) in [5.41, 5.74) is 1.25. The van der Waals surface area contributed by atoms with E-state index < -0.39 is 0 Å². The number of hydrogen-bond donors (Lipinski definition) is 0. The van der Waals surface area contributed by atoms with Crippen molar-refractivity contribution in [2.24, 2.45) is 0 Å². The van der Waals surface area contributed by atoms with Crippen molar-refractivity contribution in [2.75, 3.05) is 31.1 Å². The third kappa shape index (κ3) is 2.96. The van der Waals surface area contributed by atoms with Crippen LogP contribution in [0.5, 0.6) is 0 Å². The molecule has 7 nitrogen and oxygen atoms in total. The molecule has 108 valence electrons. The predicted octanol–water partition coefficient (Wildman–Crippen LogP) is 0.537. The highest BCUT2D eigenvalue weighted by Crippen LogP contribution is 2.11. The summed E-state index contributed by atoms with van der Waals surface area (Å²) in [7, 11) is 0. The zero-order valence-corrected chi connectivity index (χ0v) is 11.8. The lowest BCUT2D eigenvalue weighted by Crippen LogP contribution is -2.49. The Morgan fingerprint density at radius 1 is 1.05 bits per heavy atom. The largest absolute Gasteiger partial charge is 0.337 e. The normalized spacial score (nSPS) is 15.1. The van der Waals surface area contributed by atoms with Crippen molar-refractivity contribution in [3.63, 3.8) is 0 Å². The summed E-state index contributed by atoms with van der Waals surface area (Å²) in [5, 5.41) is 0. The summed E-state index contributed by atoms with van der Waals surface area (Å²) in [6, 6.07) is 3.51. The molecule has 0 spiro atoms. The Hall–Kier alpha value is -2.57. The first kappa shape index (κ1) is 13.4. The Balaban J connectivity index is 1.64. The van der Waals surface area contributed by atoms with E-state index in [1.54, 1.807) is 29.4 Å². The predicted molar refractivity (Wildman–Crippen MR) is 76.9 cm³/mol. The van der Waals surface area contributed by atoms with Crippen molar-refractivity contribution in [1.82, 2.24) is 24.8 Å². The van der Waals surface area contributed by atoms with Gasteiger partial charge >= 0.3 is 0 Å². The standard InChI is InChI=1S/C14H16N6O/c1-11-9-12(18-10-17-11)13(21)19-5-7-20(8-6-19)14-15-3-2-4-16-14/h2-4,9-10H,5-8H2,1H3. The SMILES string of the molecule is Cc1cc(C(=O)N2CCN(c3ncccn3)CC2)ncn1. The number of piperazine rings is 1. The molecule has 7 heteroatoms. The van der Waals surface area contributed by atoms with Crippen molar-refractivity contribution in [2.45, 2.75) is 6.92 Å². The number of aromatic nitrogens is 4.